The Bertz CT molecular complexity index is 675. The largest absolute Gasteiger partial charge is 0.481 e. The lowest BCUT2D eigenvalue weighted by atomic mass is 9.44. The first kappa shape index (κ1) is 18.3. The minimum Gasteiger partial charge on any atom is -0.481 e. The average Bonchev–Trinajstić information content (AvgIpc) is 2.88. The first-order valence-corrected chi connectivity index (χ1v) is 10.6. The molecule has 4 unspecified atom stereocenters. The highest BCUT2D eigenvalue weighted by atomic mass is 16.4. The zero-order valence-corrected chi connectivity index (χ0v) is 16.8. The van der Waals surface area contributed by atoms with Gasteiger partial charge in [0.1, 0.15) is 5.78 Å². The van der Waals surface area contributed by atoms with Gasteiger partial charge in [-0.15, -0.1) is 0 Å². The Kier molecular flexibility index (Phi) is 3.99. The summed E-state index contributed by atoms with van der Waals surface area (Å²) in [4.78, 5) is 23.9. The van der Waals surface area contributed by atoms with Crippen molar-refractivity contribution >= 4 is 11.8 Å². The summed E-state index contributed by atoms with van der Waals surface area (Å²) in [5, 5.41) is 9.35. The molecule has 144 valence electrons. The highest BCUT2D eigenvalue weighted by Gasteiger charge is 2.60. The molecule has 0 amide bonds. The van der Waals surface area contributed by atoms with E-state index in [0.29, 0.717) is 42.3 Å². The second kappa shape index (κ2) is 5.69. The Labute approximate surface area is 157 Å². The molecule has 0 saturated heterocycles. The molecule has 0 aromatic rings. The Morgan fingerprint density at radius 1 is 1.12 bits per heavy atom. The van der Waals surface area contributed by atoms with Gasteiger partial charge in [-0.3, -0.25) is 9.59 Å². The number of hydrogen-bond acceptors (Lipinski definition) is 2. The van der Waals surface area contributed by atoms with Crippen molar-refractivity contribution in [1.82, 2.24) is 0 Å². The number of allylic oxidation sites excluding steroid dienone is 2. The molecule has 0 aliphatic heterocycles. The van der Waals surface area contributed by atoms with Crippen molar-refractivity contribution in [3.63, 3.8) is 0 Å². The quantitative estimate of drug-likeness (QED) is 0.686. The molecular formula is C23H34O3. The molecule has 1 N–H and O–H groups in total. The van der Waals surface area contributed by atoms with Crippen molar-refractivity contribution in [3.8, 4) is 0 Å². The van der Waals surface area contributed by atoms with Crippen LogP contribution in [0.5, 0.6) is 0 Å². The van der Waals surface area contributed by atoms with Crippen LogP contribution in [-0.2, 0) is 9.59 Å². The van der Waals surface area contributed by atoms with Gasteiger partial charge in [0.05, 0.1) is 0 Å². The monoisotopic (exact) mass is 358 g/mol. The van der Waals surface area contributed by atoms with Crippen LogP contribution in [0.4, 0.5) is 0 Å². The lowest BCUT2D eigenvalue weighted by Crippen LogP contribution is -2.53. The Morgan fingerprint density at radius 2 is 1.85 bits per heavy atom. The molecule has 6 atom stereocenters. The first-order valence-electron chi connectivity index (χ1n) is 10.6. The molecule has 3 nitrogen and oxygen atoms in total. The van der Waals surface area contributed by atoms with Crippen molar-refractivity contribution in [1.29, 1.82) is 0 Å². The van der Waals surface area contributed by atoms with Crippen LogP contribution < -0.4 is 0 Å². The van der Waals surface area contributed by atoms with E-state index in [-0.39, 0.29) is 16.2 Å². The standard InChI is InChI=1S/C23H34O3/c1-21(2)18-8-6-15-16-7-5-14(13-20(25)26)22(16,3)11-9-17(15)23(18,4)12-10-19(21)24/h8,14-17H,5-7,9-13H2,1-4H3,(H,25,26)/t14?,15?,16?,17?,22-,23-/m1/s1. The van der Waals surface area contributed by atoms with Gasteiger partial charge in [0, 0.05) is 18.3 Å². The molecular weight excluding hydrogens is 324 g/mol. The number of carbonyl (C=O) groups is 2. The van der Waals surface area contributed by atoms with Crippen LogP contribution in [0.1, 0.15) is 79.1 Å². The van der Waals surface area contributed by atoms with E-state index in [9.17, 15) is 14.7 Å². The highest BCUT2D eigenvalue weighted by Crippen LogP contribution is 2.68. The third kappa shape index (κ3) is 2.31. The molecule has 4 aliphatic rings. The molecule has 4 rings (SSSR count). The van der Waals surface area contributed by atoms with Gasteiger partial charge < -0.3 is 5.11 Å². The third-order valence-electron chi connectivity index (χ3n) is 9.32. The van der Waals surface area contributed by atoms with Crippen molar-refractivity contribution < 1.29 is 14.7 Å². The molecule has 0 aromatic heterocycles. The van der Waals surface area contributed by atoms with E-state index in [4.69, 9.17) is 0 Å². The smallest absolute Gasteiger partial charge is 0.303 e. The maximum Gasteiger partial charge on any atom is 0.303 e. The average molecular weight is 359 g/mol. The highest BCUT2D eigenvalue weighted by molar-refractivity contribution is 5.89. The topological polar surface area (TPSA) is 54.4 Å². The van der Waals surface area contributed by atoms with Crippen LogP contribution in [-0.4, -0.2) is 16.9 Å². The number of Topliss-reactive ketones (excluding diaryl/α,β-unsaturated/α-hetero) is 1. The van der Waals surface area contributed by atoms with Crippen LogP contribution in [0.25, 0.3) is 0 Å². The minimum atomic E-state index is -0.635. The summed E-state index contributed by atoms with van der Waals surface area (Å²) in [6.07, 6.45) is 10.2. The van der Waals surface area contributed by atoms with Gasteiger partial charge in [-0.05, 0) is 86.9 Å². The van der Waals surface area contributed by atoms with E-state index >= 15 is 0 Å². The number of carboxylic acid groups (broad SMARTS) is 1. The molecule has 0 bridgehead atoms. The lowest BCUT2D eigenvalue weighted by molar-refractivity contribution is -0.140. The van der Waals surface area contributed by atoms with E-state index in [0.717, 1.165) is 25.7 Å². The zero-order valence-electron chi connectivity index (χ0n) is 16.8. The summed E-state index contributed by atoms with van der Waals surface area (Å²) < 4.78 is 0. The van der Waals surface area contributed by atoms with Crippen molar-refractivity contribution in [3.05, 3.63) is 11.6 Å². The van der Waals surface area contributed by atoms with E-state index < -0.39 is 5.97 Å². The van der Waals surface area contributed by atoms with E-state index in [1.807, 2.05) is 0 Å². The molecule has 26 heavy (non-hydrogen) atoms. The number of hydrogen-bond donors (Lipinski definition) is 1. The zero-order chi connectivity index (χ0) is 18.9. The molecule has 4 aliphatic carbocycles. The molecule has 0 spiro atoms. The SMILES string of the molecule is CC1(C)C(=O)CC[C@@]2(C)C1=CCC1C3CCC(CC(=O)O)[C@@]3(C)CCC12. The Hall–Kier alpha value is -1.12. The maximum atomic E-state index is 12.6. The van der Waals surface area contributed by atoms with Crippen molar-refractivity contribution in [2.75, 3.05) is 0 Å². The van der Waals surface area contributed by atoms with Gasteiger partial charge in [0.2, 0.25) is 0 Å². The lowest BCUT2D eigenvalue weighted by Gasteiger charge is -2.59. The summed E-state index contributed by atoms with van der Waals surface area (Å²) >= 11 is 0. The van der Waals surface area contributed by atoms with E-state index in [2.05, 4.69) is 33.8 Å². The number of carboxylic acids is 1. The Balaban J connectivity index is 1.67. The number of aliphatic carboxylic acids is 1. The van der Waals surface area contributed by atoms with Crippen molar-refractivity contribution in [2.45, 2.75) is 79.1 Å². The van der Waals surface area contributed by atoms with Gasteiger partial charge in [-0.2, -0.15) is 0 Å². The fourth-order valence-corrected chi connectivity index (χ4v) is 7.87. The predicted octanol–water partition coefficient (Wildman–Crippen LogP) is 5.25. The molecule has 3 heteroatoms. The van der Waals surface area contributed by atoms with Crippen LogP contribution in [0, 0.1) is 39.9 Å². The molecule has 0 heterocycles. The van der Waals surface area contributed by atoms with Gasteiger partial charge in [0.15, 0.2) is 0 Å². The van der Waals surface area contributed by atoms with Gasteiger partial charge in [-0.1, -0.05) is 25.5 Å². The fourth-order valence-electron chi connectivity index (χ4n) is 7.87. The number of ketones is 1. The van der Waals surface area contributed by atoms with Gasteiger partial charge in [0.25, 0.3) is 0 Å². The summed E-state index contributed by atoms with van der Waals surface area (Å²) in [7, 11) is 0. The molecule has 3 fully saturated rings. The normalized spacial score (nSPS) is 46.8. The van der Waals surface area contributed by atoms with Crippen LogP contribution in [0.2, 0.25) is 0 Å². The van der Waals surface area contributed by atoms with E-state index in [1.165, 1.54) is 18.4 Å². The van der Waals surface area contributed by atoms with Crippen molar-refractivity contribution in [2.24, 2.45) is 39.9 Å². The number of carbonyl (C=O) groups excluding carboxylic acids is 1. The minimum absolute atomic E-state index is 0.159. The summed E-state index contributed by atoms with van der Waals surface area (Å²) in [6.45, 7) is 9.06. The van der Waals surface area contributed by atoms with Crippen LogP contribution >= 0.6 is 0 Å². The summed E-state index contributed by atoms with van der Waals surface area (Å²) in [6, 6.07) is 0. The second-order valence-corrected chi connectivity index (χ2v) is 10.6. The second-order valence-electron chi connectivity index (χ2n) is 10.6. The third-order valence-corrected chi connectivity index (χ3v) is 9.32. The molecule has 0 aromatic carbocycles. The van der Waals surface area contributed by atoms with Gasteiger partial charge in [-0.25, -0.2) is 0 Å². The Morgan fingerprint density at radius 3 is 2.54 bits per heavy atom. The van der Waals surface area contributed by atoms with Crippen LogP contribution in [0.15, 0.2) is 11.6 Å². The summed E-state index contributed by atoms with van der Waals surface area (Å²) in [5.41, 5.74) is 1.46. The van der Waals surface area contributed by atoms with Gasteiger partial charge >= 0.3 is 5.97 Å². The van der Waals surface area contributed by atoms with Crippen LogP contribution in [0.3, 0.4) is 0 Å². The number of rotatable bonds is 2. The molecule has 3 saturated carbocycles. The molecule has 0 radical (unpaired) electrons. The fraction of sp³-hybridized carbons (Fsp3) is 0.826. The predicted molar refractivity (Wildman–Crippen MR) is 102 cm³/mol. The van der Waals surface area contributed by atoms with E-state index in [1.54, 1.807) is 0 Å². The number of fused-ring (bicyclic) bond motifs is 5. The summed E-state index contributed by atoms with van der Waals surface area (Å²) in [5.74, 6) is 2.10. The maximum absolute atomic E-state index is 12.6. The first-order chi connectivity index (χ1) is 12.1.